The van der Waals surface area contributed by atoms with Gasteiger partial charge in [-0.15, -0.1) is 9.79 Å². The van der Waals surface area contributed by atoms with Crippen molar-refractivity contribution in [3.8, 4) is 0 Å². The third-order valence-corrected chi connectivity index (χ3v) is 1.16. The SMILES string of the molecule is CC=Cc1ccccc1.O=[P+](O)O. The van der Waals surface area contributed by atoms with E-state index >= 15 is 0 Å². The van der Waals surface area contributed by atoms with E-state index in [0.717, 1.165) is 0 Å². The predicted octanol–water partition coefficient (Wildman–Crippen LogP) is 2.35. The van der Waals surface area contributed by atoms with Crippen LogP contribution in [0.15, 0.2) is 36.4 Å². The summed E-state index contributed by atoms with van der Waals surface area (Å²) in [5, 5.41) is 0. The van der Waals surface area contributed by atoms with Gasteiger partial charge in [-0.25, -0.2) is 0 Å². The molecule has 0 bridgehead atoms. The fourth-order valence-electron chi connectivity index (χ4n) is 0.757. The zero-order valence-corrected chi connectivity index (χ0v) is 8.19. The van der Waals surface area contributed by atoms with E-state index < -0.39 is 8.25 Å². The van der Waals surface area contributed by atoms with Crippen molar-refractivity contribution >= 4 is 14.3 Å². The monoisotopic (exact) mass is 199 g/mol. The van der Waals surface area contributed by atoms with Gasteiger partial charge in [0.25, 0.3) is 0 Å². The Morgan fingerprint density at radius 1 is 1.23 bits per heavy atom. The van der Waals surface area contributed by atoms with E-state index in [1.54, 1.807) is 0 Å². The molecule has 0 radical (unpaired) electrons. The second-order valence-corrected chi connectivity index (χ2v) is 2.67. The van der Waals surface area contributed by atoms with Crippen LogP contribution in [0.25, 0.3) is 6.08 Å². The lowest BCUT2D eigenvalue weighted by molar-refractivity contribution is 0.405. The first-order chi connectivity index (χ1) is 6.16. The minimum Gasteiger partial charge on any atom is -0.134 e. The first kappa shape index (κ1) is 12.0. The molecule has 2 N–H and O–H groups in total. The molecule has 0 amide bonds. The minimum absolute atomic E-state index is 1.26. The summed E-state index contributed by atoms with van der Waals surface area (Å²) in [6.45, 7) is 2.02. The molecule has 1 aromatic rings. The smallest absolute Gasteiger partial charge is 0.134 e. The van der Waals surface area contributed by atoms with Gasteiger partial charge >= 0.3 is 8.25 Å². The number of rotatable bonds is 1. The van der Waals surface area contributed by atoms with Crippen molar-refractivity contribution in [2.75, 3.05) is 0 Å². The largest absolute Gasteiger partial charge is 0.692 e. The second kappa shape index (κ2) is 7.62. The van der Waals surface area contributed by atoms with Gasteiger partial charge in [-0.05, 0) is 12.5 Å². The quantitative estimate of drug-likeness (QED) is 0.682. The van der Waals surface area contributed by atoms with Crippen LogP contribution in [-0.2, 0) is 4.57 Å². The number of hydrogen-bond acceptors (Lipinski definition) is 1. The van der Waals surface area contributed by atoms with E-state index in [2.05, 4.69) is 18.2 Å². The standard InChI is InChI=1S/C9H10.HO3P/c1-2-6-9-7-4-3-5-8-9;1-4(2)3/h2-8H,1H3;(H-,1,2,3)/p+1. The number of benzene rings is 1. The van der Waals surface area contributed by atoms with Gasteiger partial charge in [0.15, 0.2) is 0 Å². The second-order valence-electron chi connectivity index (χ2n) is 2.16. The Hall–Kier alpha value is -1.02. The summed E-state index contributed by atoms with van der Waals surface area (Å²) in [5.74, 6) is 0. The van der Waals surface area contributed by atoms with Gasteiger partial charge in [0.2, 0.25) is 0 Å². The lowest BCUT2D eigenvalue weighted by atomic mass is 10.2. The summed E-state index contributed by atoms with van der Waals surface area (Å²) < 4.78 is 8.70. The molecule has 0 aliphatic rings. The van der Waals surface area contributed by atoms with Crippen LogP contribution in [0.3, 0.4) is 0 Å². The minimum atomic E-state index is -2.87. The van der Waals surface area contributed by atoms with E-state index in [4.69, 9.17) is 14.4 Å². The van der Waals surface area contributed by atoms with Gasteiger partial charge < -0.3 is 0 Å². The molecule has 1 aromatic carbocycles. The van der Waals surface area contributed by atoms with E-state index in [1.807, 2.05) is 31.2 Å². The maximum Gasteiger partial charge on any atom is 0.692 e. The number of hydrogen-bond donors (Lipinski definition) is 2. The molecule has 0 atom stereocenters. The summed E-state index contributed by atoms with van der Waals surface area (Å²) >= 11 is 0. The van der Waals surface area contributed by atoms with Gasteiger partial charge in [-0.3, -0.25) is 0 Å². The third kappa shape index (κ3) is 8.89. The lowest BCUT2D eigenvalue weighted by Gasteiger charge is -1.86. The summed E-state index contributed by atoms with van der Waals surface area (Å²) in [4.78, 5) is 14.2. The summed E-state index contributed by atoms with van der Waals surface area (Å²) in [5.41, 5.74) is 1.26. The predicted molar refractivity (Wildman–Crippen MR) is 53.2 cm³/mol. The molecule has 0 fully saturated rings. The highest BCUT2D eigenvalue weighted by Crippen LogP contribution is 1.99. The molecule has 0 saturated carbocycles. The Kier molecular flexibility index (Phi) is 7.02. The van der Waals surface area contributed by atoms with Gasteiger partial charge in [-0.2, -0.15) is 0 Å². The van der Waals surface area contributed by atoms with Crippen molar-refractivity contribution < 1.29 is 14.4 Å². The van der Waals surface area contributed by atoms with Crippen molar-refractivity contribution in [1.82, 2.24) is 0 Å². The van der Waals surface area contributed by atoms with Crippen molar-refractivity contribution in [3.05, 3.63) is 42.0 Å². The molecular formula is C9H12O3P+. The van der Waals surface area contributed by atoms with Crippen LogP contribution in [0.4, 0.5) is 0 Å². The first-order valence-electron chi connectivity index (χ1n) is 3.69. The molecule has 0 aromatic heterocycles. The Morgan fingerprint density at radius 2 is 1.69 bits per heavy atom. The average Bonchev–Trinajstić information content (AvgIpc) is 2.06. The van der Waals surface area contributed by atoms with E-state index in [1.165, 1.54) is 5.56 Å². The normalized spacial score (nSPS) is 9.15. The van der Waals surface area contributed by atoms with Crippen LogP contribution in [0.2, 0.25) is 0 Å². The van der Waals surface area contributed by atoms with Gasteiger partial charge in [0.1, 0.15) is 0 Å². The van der Waals surface area contributed by atoms with Gasteiger partial charge in [0, 0.05) is 4.57 Å². The maximum atomic E-state index is 8.70. The summed E-state index contributed by atoms with van der Waals surface area (Å²) in [6.07, 6.45) is 4.12. The molecule has 0 unspecified atom stereocenters. The zero-order valence-electron chi connectivity index (χ0n) is 7.29. The fourth-order valence-corrected chi connectivity index (χ4v) is 0.757. The lowest BCUT2D eigenvalue weighted by Crippen LogP contribution is -1.65. The Morgan fingerprint density at radius 3 is 2.08 bits per heavy atom. The Balaban J connectivity index is 0.000000310. The molecule has 0 spiro atoms. The van der Waals surface area contributed by atoms with E-state index in [0.29, 0.717) is 0 Å². The highest BCUT2D eigenvalue weighted by Gasteiger charge is 1.93. The van der Waals surface area contributed by atoms with Crippen molar-refractivity contribution in [2.45, 2.75) is 6.92 Å². The van der Waals surface area contributed by atoms with Crippen LogP contribution < -0.4 is 0 Å². The molecule has 1 rings (SSSR count). The van der Waals surface area contributed by atoms with Crippen LogP contribution in [-0.4, -0.2) is 9.79 Å². The molecule has 0 heterocycles. The van der Waals surface area contributed by atoms with E-state index in [-0.39, 0.29) is 0 Å². The maximum absolute atomic E-state index is 8.70. The molecule has 13 heavy (non-hydrogen) atoms. The highest BCUT2D eigenvalue weighted by atomic mass is 31.1. The first-order valence-corrected chi connectivity index (χ1v) is 4.86. The molecule has 3 nitrogen and oxygen atoms in total. The molecule has 0 saturated heterocycles. The van der Waals surface area contributed by atoms with Crippen molar-refractivity contribution in [3.63, 3.8) is 0 Å². The number of allylic oxidation sites excluding steroid dienone is 1. The van der Waals surface area contributed by atoms with Crippen molar-refractivity contribution in [1.29, 1.82) is 0 Å². The molecule has 0 aliphatic heterocycles. The van der Waals surface area contributed by atoms with Crippen LogP contribution in [0, 0.1) is 0 Å². The van der Waals surface area contributed by atoms with Gasteiger partial charge in [-0.1, -0.05) is 42.5 Å². The molecular weight excluding hydrogens is 187 g/mol. The van der Waals surface area contributed by atoms with Gasteiger partial charge in [0.05, 0.1) is 0 Å². The third-order valence-electron chi connectivity index (χ3n) is 1.16. The highest BCUT2D eigenvalue weighted by molar-refractivity contribution is 7.30. The van der Waals surface area contributed by atoms with Crippen molar-refractivity contribution in [2.24, 2.45) is 0 Å². The Bertz CT molecular complexity index is 265. The fraction of sp³-hybridized carbons (Fsp3) is 0.111. The van der Waals surface area contributed by atoms with Crippen LogP contribution in [0.1, 0.15) is 12.5 Å². The van der Waals surface area contributed by atoms with Crippen LogP contribution >= 0.6 is 8.25 Å². The van der Waals surface area contributed by atoms with Crippen LogP contribution in [0.5, 0.6) is 0 Å². The molecule has 0 aliphatic carbocycles. The molecule has 70 valence electrons. The summed E-state index contributed by atoms with van der Waals surface area (Å²) in [7, 11) is -2.87. The molecule has 4 heteroatoms. The zero-order chi connectivity index (χ0) is 10.1. The van der Waals surface area contributed by atoms with E-state index in [9.17, 15) is 0 Å². The average molecular weight is 199 g/mol. The Labute approximate surface area is 78.3 Å². The topological polar surface area (TPSA) is 57.5 Å². The summed E-state index contributed by atoms with van der Waals surface area (Å²) in [6, 6.07) is 10.3.